The van der Waals surface area contributed by atoms with Crippen molar-refractivity contribution in [3.63, 3.8) is 0 Å². The van der Waals surface area contributed by atoms with Crippen molar-refractivity contribution >= 4 is 17.7 Å². The number of aliphatic hydroxyl groups is 1. The zero-order valence-electron chi connectivity index (χ0n) is 11.7. The van der Waals surface area contributed by atoms with E-state index in [9.17, 15) is 9.90 Å². The number of aromatic nitrogens is 3. The van der Waals surface area contributed by atoms with Crippen molar-refractivity contribution in [1.29, 1.82) is 0 Å². The molecule has 0 spiro atoms. The first-order valence-corrected chi connectivity index (χ1v) is 7.53. The Balaban J connectivity index is 1.77. The Morgan fingerprint density at radius 1 is 1.70 bits per heavy atom. The molecule has 1 aromatic heterocycles. The molecular weight excluding hydrogens is 280 g/mol. The number of hydrogen-bond donors (Lipinski definition) is 1. The van der Waals surface area contributed by atoms with E-state index < -0.39 is 6.10 Å². The molecule has 2 rings (SSSR count). The standard InChI is InChI=1S/C12H20N4O3S/c1-15(5-10(17)6-19-2)11(18)7-20-12-14-13-8-16(12)9-3-4-9/h8-10,17H,3-7H2,1-2H3. The number of rotatable bonds is 8. The summed E-state index contributed by atoms with van der Waals surface area (Å²) in [5, 5.41) is 18.3. The van der Waals surface area contributed by atoms with Gasteiger partial charge in [-0.3, -0.25) is 4.79 Å². The Morgan fingerprint density at radius 2 is 2.45 bits per heavy atom. The normalized spacial score (nSPS) is 16.1. The van der Waals surface area contributed by atoms with Gasteiger partial charge in [0.2, 0.25) is 5.91 Å². The Kier molecular flexibility index (Phi) is 5.38. The fourth-order valence-corrected chi connectivity index (χ4v) is 2.76. The molecule has 1 saturated carbocycles. The van der Waals surface area contributed by atoms with E-state index in [0.29, 0.717) is 11.8 Å². The highest BCUT2D eigenvalue weighted by atomic mass is 32.2. The predicted octanol–water partition coefficient (Wildman–Crippen LogP) is 0.171. The molecule has 20 heavy (non-hydrogen) atoms. The molecule has 1 amide bonds. The molecule has 1 heterocycles. The SMILES string of the molecule is COCC(O)CN(C)C(=O)CSc1nncn1C1CC1. The molecule has 7 nitrogen and oxygen atoms in total. The number of nitrogens with zero attached hydrogens (tertiary/aromatic N) is 4. The predicted molar refractivity (Wildman–Crippen MR) is 74.5 cm³/mol. The fraction of sp³-hybridized carbons (Fsp3) is 0.750. The molecule has 1 fully saturated rings. The maximum absolute atomic E-state index is 12.0. The highest BCUT2D eigenvalue weighted by Gasteiger charge is 2.26. The quantitative estimate of drug-likeness (QED) is 0.689. The van der Waals surface area contributed by atoms with E-state index in [1.807, 2.05) is 4.57 Å². The smallest absolute Gasteiger partial charge is 0.232 e. The molecule has 1 atom stereocenters. The first-order chi connectivity index (χ1) is 9.61. The van der Waals surface area contributed by atoms with Crippen molar-refractivity contribution in [2.45, 2.75) is 30.1 Å². The van der Waals surface area contributed by atoms with Crippen LogP contribution in [0.3, 0.4) is 0 Å². The molecule has 1 unspecified atom stereocenters. The summed E-state index contributed by atoms with van der Waals surface area (Å²) in [6, 6.07) is 0.504. The number of methoxy groups -OCH3 is 1. The highest BCUT2D eigenvalue weighted by molar-refractivity contribution is 7.99. The topological polar surface area (TPSA) is 80.5 Å². The van der Waals surface area contributed by atoms with Gasteiger partial charge in [0.25, 0.3) is 0 Å². The number of aliphatic hydroxyl groups excluding tert-OH is 1. The van der Waals surface area contributed by atoms with E-state index in [4.69, 9.17) is 4.74 Å². The van der Waals surface area contributed by atoms with Gasteiger partial charge in [0.05, 0.1) is 18.5 Å². The molecule has 1 aromatic rings. The summed E-state index contributed by atoms with van der Waals surface area (Å²) < 4.78 is 6.86. The molecule has 0 bridgehead atoms. The summed E-state index contributed by atoms with van der Waals surface area (Å²) in [5.74, 6) is 0.247. The largest absolute Gasteiger partial charge is 0.389 e. The van der Waals surface area contributed by atoms with Gasteiger partial charge >= 0.3 is 0 Å². The minimum absolute atomic E-state index is 0.0458. The van der Waals surface area contributed by atoms with Crippen LogP contribution in [0.5, 0.6) is 0 Å². The highest BCUT2D eigenvalue weighted by Crippen LogP contribution is 2.37. The summed E-state index contributed by atoms with van der Waals surface area (Å²) in [6.07, 6.45) is 3.37. The molecule has 1 aliphatic carbocycles. The van der Waals surface area contributed by atoms with Crippen molar-refractivity contribution < 1.29 is 14.6 Å². The molecule has 8 heteroatoms. The van der Waals surface area contributed by atoms with Crippen LogP contribution in [0.25, 0.3) is 0 Å². The van der Waals surface area contributed by atoms with Crippen LogP contribution in [0, 0.1) is 0 Å². The molecule has 0 aromatic carbocycles. The fourth-order valence-electron chi connectivity index (χ4n) is 1.84. The first-order valence-electron chi connectivity index (χ1n) is 6.55. The van der Waals surface area contributed by atoms with Gasteiger partial charge in [0.15, 0.2) is 5.16 Å². The van der Waals surface area contributed by atoms with Gasteiger partial charge in [-0.25, -0.2) is 0 Å². The van der Waals surface area contributed by atoms with Gasteiger partial charge in [-0.15, -0.1) is 10.2 Å². The molecule has 1 aliphatic rings. The van der Waals surface area contributed by atoms with Gasteiger partial charge in [-0.1, -0.05) is 11.8 Å². The summed E-state index contributed by atoms with van der Waals surface area (Å²) in [6.45, 7) is 0.489. The second kappa shape index (κ2) is 7.05. The van der Waals surface area contributed by atoms with Crippen LogP contribution in [0.2, 0.25) is 0 Å². The Hall–Kier alpha value is -1.12. The first kappa shape index (κ1) is 15.3. The van der Waals surface area contributed by atoms with Crippen LogP contribution in [0.4, 0.5) is 0 Å². The molecule has 0 aliphatic heterocycles. The van der Waals surface area contributed by atoms with Crippen LogP contribution in [-0.4, -0.2) is 69.8 Å². The number of ether oxygens (including phenoxy) is 1. The Bertz CT molecular complexity index is 450. The number of carbonyl (C=O) groups excluding carboxylic acids is 1. The van der Waals surface area contributed by atoms with E-state index in [1.54, 1.807) is 13.4 Å². The molecule has 1 N–H and O–H groups in total. The lowest BCUT2D eigenvalue weighted by Gasteiger charge is -2.20. The molecule has 0 radical (unpaired) electrons. The average molecular weight is 300 g/mol. The third-order valence-corrected chi connectivity index (χ3v) is 4.02. The third kappa shape index (κ3) is 4.19. The van der Waals surface area contributed by atoms with E-state index in [1.165, 1.54) is 23.8 Å². The van der Waals surface area contributed by atoms with E-state index in [2.05, 4.69) is 10.2 Å². The van der Waals surface area contributed by atoms with E-state index in [0.717, 1.165) is 18.0 Å². The van der Waals surface area contributed by atoms with E-state index >= 15 is 0 Å². The van der Waals surface area contributed by atoms with Crippen LogP contribution in [0.1, 0.15) is 18.9 Å². The lowest BCUT2D eigenvalue weighted by atomic mass is 10.3. The number of amides is 1. The summed E-state index contributed by atoms with van der Waals surface area (Å²) in [7, 11) is 3.19. The second-order valence-corrected chi connectivity index (χ2v) is 5.87. The summed E-state index contributed by atoms with van der Waals surface area (Å²) >= 11 is 1.38. The van der Waals surface area contributed by atoms with Gasteiger partial charge < -0.3 is 19.3 Å². The summed E-state index contributed by atoms with van der Waals surface area (Å²) in [4.78, 5) is 13.5. The molecule has 0 saturated heterocycles. The minimum Gasteiger partial charge on any atom is -0.389 e. The second-order valence-electron chi connectivity index (χ2n) is 4.92. The van der Waals surface area contributed by atoms with E-state index in [-0.39, 0.29) is 19.1 Å². The Morgan fingerprint density at radius 3 is 3.10 bits per heavy atom. The third-order valence-electron chi connectivity index (χ3n) is 3.07. The zero-order valence-corrected chi connectivity index (χ0v) is 12.5. The number of thioether (sulfide) groups is 1. The van der Waals surface area contributed by atoms with Gasteiger partial charge in [0, 0.05) is 26.7 Å². The maximum atomic E-state index is 12.0. The van der Waals surface area contributed by atoms with Crippen molar-refractivity contribution in [2.24, 2.45) is 0 Å². The van der Waals surface area contributed by atoms with Gasteiger partial charge in [-0.2, -0.15) is 0 Å². The van der Waals surface area contributed by atoms with Crippen molar-refractivity contribution in [2.75, 3.05) is 33.1 Å². The van der Waals surface area contributed by atoms with Crippen molar-refractivity contribution in [1.82, 2.24) is 19.7 Å². The molecule has 112 valence electrons. The van der Waals surface area contributed by atoms with Crippen molar-refractivity contribution in [3.8, 4) is 0 Å². The minimum atomic E-state index is -0.658. The lowest BCUT2D eigenvalue weighted by molar-refractivity contribution is -0.128. The van der Waals surface area contributed by atoms with Crippen molar-refractivity contribution in [3.05, 3.63) is 6.33 Å². The van der Waals surface area contributed by atoms with Crippen LogP contribution in [0.15, 0.2) is 11.5 Å². The van der Waals surface area contributed by atoms with Gasteiger partial charge in [-0.05, 0) is 12.8 Å². The zero-order chi connectivity index (χ0) is 14.5. The Labute approximate surface area is 122 Å². The maximum Gasteiger partial charge on any atom is 0.232 e. The monoisotopic (exact) mass is 300 g/mol. The number of hydrogen-bond acceptors (Lipinski definition) is 6. The van der Waals surface area contributed by atoms with Crippen LogP contribution >= 0.6 is 11.8 Å². The number of likely N-dealkylation sites (N-methyl/N-ethyl adjacent to an activating group) is 1. The summed E-state index contributed by atoms with van der Waals surface area (Å²) in [5.41, 5.74) is 0. The number of carbonyl (C=O) groups is 1. The lowest BCUT2D eigenvalue weighted by Crippen LogP contribution is -2.37. The van der Waals surface area contributed by atoms with Crippen LogP contribution < -0.4 is 0 Å². The average Bonchev–Trinajstić information content (AvgIpc) is 3.15. The molecular formula is C12H20N4O3S. The van der Waals surface area contributed by atoms with Gasteiger partial charge in [0.1, 0.15) is 6.33 Å². The van der Waals surface area contributed by atoms with Crippen LogP contribution in [-0.2, 0) is 9.53 Å².